The van der Waals surface area contributed by atoms with Crippen molar-refractivity contribution in [2.24, 2.45) is 0 Å². The zero-order valence-electron chi connectivity index (χ0n) is 17.1. The quantitative estimate of drug-likeness (QED) is 0.584. The van der Waals surface area contributed by atoms with Gasteiger partial charge in [-0.3, -0.25) is 9.59 Å². The minimum atomic E-state index is -0.634. The lowest BCUT2D eigenvalue weighted by molar-refractivity contribution is -0.141. The van der Waals surface area contributed by atoms with E-state index in [1.54, 1.807) is 23.1 Å². The monoisotopic (exact) mass is 434 g/mol. The molecule has 0 aliphatic heterocycles. The van der Waals surface area contributed by atoms with Crippen molar-refractivity contribution in [3.8, 4) is 0 Å². The Labute approximate surface area is 183 Å². The van der Waals surface area contributed by atoms with E-state index in [-0.39, 0.29) is 24.4 Å². The number of carbonyl (C=O) groups excluding carboxylic acids is 2. The highest BCUT2D eigenvalue weighted by Crippen LogP contribution is 2.24. The van der Waals surface area contributed by atoms with Crippen LogP contribution < -0.4 is 5.32 Å². The summed E-state index contributed by atoms with van der Waals surface area (Å²) in [5.74, 6) is -0.239. The first-order valence-corrected chi connectivity index (χ1v) is 10.6. The van der Waals surface area contributed by atoms with Crippen LogP contribution in [0.25, 0.3) is 0 Å². The number of hydrogen-bond donors (Lipinski definition) is 1. The Kier molecular flexibility index (Phi) is 8.99. The molecule has 4 nitrogen and oxygen atoms in total. The number of benzene rings is 2. The molecule has 1 N–H and O–H groups in total. The summed E-state index contributed by atoms with van der Waals surface area (Å²) in [7, 11) is 0. The first kappa shape index (κ1) is 23.2. The third kappa shape index (κ3) is 7.06. The number of amides is 2. The van der Waals surface area contributed by atoms with Gasteiger partial charge in [0.25, 0.3) is 0 Å². The predicted octanol–water partition coefficient (Wildman–Crippen LogP) is 5.26. The van der Waals surface area contributed by atoms with Crippen LogP contribution in [-0.4, -0.2) is 28.8 Å². The van der Waals surface area contributed by atoms with Crippen molar-refractivity contribution in [3.63, 3.8) is 0 Å². The van der Waals surface area contributed by atoms with Crippen LogP contribution in [0.4, 0.5) is 0 Å². The molecule has 1 atom stereocenters. The lowest BCUT2D eigenvalue weighted by Gasteiger charge is -2.32. The number of carbonyl (C=O) groups is 2. The maximum absolute atomic E-state index is 13.1. The molecule has 0 fully saturated rings. The molecule has 29 heavy (non-hydrogen) atoms. The average Bonchev–Trinajstić information content (AvgIpc) is 2.66. The molecule has 2 amide bonds. The molecular weight excluding hydrogens is 407 g/mol. The Morgan fingerprint density at radius 2 is 1.76 bits per heavy atom. The second-order valence-corrected chi connectivity index (χ2v) is 8.22. The molecule has 0 spiro atoms. The first-order chi connectivity index (χ1) is 13.8. The second kappa shape index (κ2) is 11.2. The topological polar surface area (TPSA) is 49.4 Å². The molecule has 0 heterocycles. The van der Waals surface area contributed by atoms with Gasteiger partial charge >= 0.3 is 0 Å². The van der Waals surface area contributed by atoms with Gasteiger partial charge in [0.2, 0.25) is 11.8 Å². The second-order valence-electron chi connectivity index (χ2n) is 7.38. The number of nitrogens with one attached hydrogen (secondary N) is 1. The molecular formula is C23H28Cl2N2O2. The molecule has 156 valence electrons. The Balaban J connectivity index is 2.40. The van der Waals surface area contributed by atoms with Crippen molar-refractivity contribution >= 4 is 35.0 Å². The minimum absolute atomic E-state index is 0.0250. The fourth-order valence-corrected chi connectivity index (χ4v) is 3.59. The van der Waals surface area contributed by atoms with Gasteiger partial charge in [-0.15, -0.1) is 0 Å². The molecule has 0 radical (unpaired) electrons. The molecule has 0 aliphatic rings. The molecule has 0 bridgehead atoms. The molecule has 0 saturated carbocycles. The van der Waals surface area contributed by atoms with E-state index >= 15 is 0 Å². The Bertz CT molecular complexity index is 825. The van der Waals surface area contributed by atoms with E-state index < -0.39 is 6.04 Å². The molecule has 6 heteroatoms. The van der Waals surface area contributed by atoms with E-state index in [0.29, 0.717) is 29.3 Å². The number of halogens is 2. The van der Waals surface area contributed by atoms with E-state index in [1.807, 2.05) is 51.1 Å². The van der Waals surface area contributed by atoms with Crippen molar-refractivity contribution < 1.29 is 9.59 Å². The van der Waals surface area contributed by atoms with Gasteiger partial charge in [0.05, 0.1) is 0 Å². The summed E-state index contributed by atoms with van der Waals surface area (Å²) in [5.41, 5.74) is 1.75. The van der Waals surface area contributed by atoms with Crippen LogP contribution in [0.15, 0.2) is 48.5 Å². The zero-order valence-corrected chi connectivity index (χ0v) is 18.6. The molecule has 0 saturated heterocycles. The summed E-state index contributed by atoms with van der Waals surface area (Å²) in [5, 5.41) is 3.98. The number of nitrogens with zero attached hydrogens (tertiary/aromatic N) is 1. The lowest BCUT2D eigenvalue weighted by Crippen LogP contribution is -2.51. The van der Waals surface area contributed by atoms with Crippen molar-refractivity contribution in [2.45, 2.75) is 58.7 Å². The highest BCUT2D eigenvalue weighted by molar-refractivity contribution is 6.35. The van der Waals surface area contributed by atoms with Crippen LogP contribution >= 0.6 is 23.2 Å². The minimum Gasteiger partial charge on any atom is -0.352 e. The summed E-state index contributed by atoms with van der Waals surface area (Å²) >= 11 is 12.4. The van der Waals surface area contributed by atoms with Crippen molar-refractivity contribution in [3.05, 3.63) is 69.7 Å². The van der Waals surface area contributed by atoms with Gasteiger partial charge in [0.15, 0.2) is 0 Å². The summed E-state index contributed by atoms with van der Waals surface area (Å²) in [6, 6.07) is 14.3. The average molecular weight is 435 g/mol. The number of hydrogen-bond acceptors (Lipinski definition) is 2. The fourth-order valence-electron chi connectivity index (χ4n) is 3.13. The highest BCUT2D eigenvalue weighted by Gasteiger charge is 2.30. The molecule has 2 aromatic carbocycles. The Morgan fingerprint density at radius 3 is 2.34 bits per heavy atom. The largest absolute Gasteiger partial charge is 0.352 e. The predicted molar refractivity (Wildman–Crippen MR) is 119 cm³/mol. The summed E-state index contributed by atoms with van der Waals surface area (Å²) in [6.07, 6.45) is 1.50. The normalized spacial score (nSPS) is 11.9. The third-order valence-electron chi connectivity index (χ3n) is 4.52. The van der Waals surface area contributed by atoms with Crippen LogP contribution in [-0.2, 0) is 22.6 Å². The SMILES string of the molecule is CCCC(=O)N(Cc1ccc(Cl)cc1Cl)C(Cc1ccccc1)C(=O)NC(C)C. The molecule has 2 aromatic rings. The van der Waals surface area contributed by atoms with Gasteiger partial charge in [-0.25, -0.2) is 0 Å². The van der Waals surface area contributed by atoms with Gasteiger partial charge < -0.3 is 10.2 Å². The molecule has 1 unspecified atom stereocenters. The van der Waals surface area contributed by atoms with E-state index in [9.17, 15) is 9.59 Å². The van der Waals surface area contributed by atoms with Crippen LogP contribution in [0.1, 0.15) is 44.7 Å². The fraction of sp³-hybridized carbons (Fsp3) is 0.391. The van der Waals surface area contributed by atoms with Crippen molar-refractivity contribution in [1.82, 2.24) is 10.2 Å². The Hall–Kier alpha value is -2.04. The Morgan fingerprint density at radius 1 is 1.07 bits per heavy atom. The van der Waals surface area contributed by atoms with Gasteiger partial charge in [-0.1, -0.05) is 66.5 Å². The van der Waals surface area contributed by atoms with Gasteiger partial charge in [0.1, 0.15) is 6.04 Å². The summed E-state index contributed by atoms with van der Waals surface area (Å²) in [6.45, 7) is 6.01. The van der Waals surface area contributed by atoms with Crippen molar-refractivity contribution in [2.75, 3.05) is 0 Å². The van der Waals surface area contributed by atoms with Gasteiger partial charge in [0, 0.05) is 35.5 Å². The summed E-state index contributed by atoms with van der Waals surface area (Å²) in [4.78, 5) is 27.7. The molecule has 0 aliphatic carbocycles. The first-order valence-electron chi connectivity index (χ1n) is 9.89. The zero-order chi connectivity index (χ0) is 21.4. The number of rotatable bonds is 9. The lowest BCUT2D eigenvalue weighted by atomic mass is 10.0. The van der Waals surface area contributed by atoms with Crippen molar-refractivity contribution in [1.29, 1.82) is 0 Å². The summed E-state index contributed by atoms with van der Waals surface area (Å²) < 4.78 is 0. The molecule has 2 rings (SSSR count). The van der Waals surface area contributed by atoms with Crippen LogP contribution in [0.3, 0.4) is 0 Å². The van der Waals surface area contributed by atoms with E-state index in [0.717, 1.165) is 11.1 Å². The highest BCUT2D eigenvalue weighted by atomic mass is 35.5. The molecule has 0 aromatic heterocycles. The van der Waals surface area contributed by atoms with Gasteiger partial charge in [-0.2, -0.15) is 0 Å². The maximum Gasteiger partial charge on any atom is 0.243 e. The third-order valence-corrected chi connectivity index (χ3v) is 5.11. The van der Waals surface area contributed by atoms with Gasteiger partial charge in [-0.05, 0) is 43.5 Å². The van der Waals surface area contributed by atoms with E-state index in [1.165, 1.54) is 0 Å². The van der Waals surface area contributed by atoms with Crippen LogP contribution in [0, 0.1) is 0 Å². The standard InChI is InChI=1S/C23H28Cl2N2O2/c1-4-8-22(28)27(15-18-11-12-19(24)14-20(18)25)21(23(29)26-16(2)3)13-17-9-6-5-7-10-17/h5-7,9-12,14,16,21H,4,8,13,15H2,1-3H3,(H,26,29). The smallest absolute Gasteiger partial charge is 0.243 e. The van der Waals surface area contributed by atoms with E-state index in [4.69, 9.17) is 23.2 Å². The van der Waals surface area contributed by atoms with Crippen LogP contribution in [0.2, 0.25) is 10.0 Å². The van der Waals surface area contributed by atoms with E-state index in [2.05, 4.69) is 5.32 Å². The van der Waals surface area contributed by atoms with Crippen LogP contribution in [0.5, 0.6) is 0 Å². The maximum atomic E-state index is 13.1.